The predicted molar refractivity (Wildman–Crippen MR) is 56.6 cm³/mol. The predicted octanol–water partition coefficient (Wildman–Crippen LogP) is 1.40. The van der Waals surface area contributed by atoms with Crippen LogP contribution >= 0.6 is 0 Å². The van der Waals surface area contributed by atoms with Gasteiger partial charge < -0.3 is 9.94 Å². The summed E-state index contributed by atoms with van der Waals surface area (Å²) in [5.41, 5.74) is -0.872. The van der Waals surface area contributed by atoms with Crippen LogP contribution in [0.3, 0.4) is 0 Å². The van der Waals surface area contributed by atoms with Crippen LogP contribution in [0, 0.1) is 5.82 Å². The van der Waals surface area contributed by atoms with Gasteiger partial charge in [0.2, 0.25) is 11.5 Å². The zero-order valence-corrected chi connectivity index (χ0v) is 9.01. The van der Waals surface area contributed by atoms with E-state index in [1.54, 1.807) is 6.92 Å². The normalized spacial score (nSPS) is 11.1. The van der Waals surface area contributed by atoms with E-state index in [2.05, 4.69) is 9.89 Å². The SMILES string of the molecule is CCOC(=O)/C(=N\O)C(=O)c1cccc(F)c1. The fourth-order valence-corrected chi connectivity index (χ4v) is 1.14. The first-order chi connectivity index (χ1) is 8.10. The second kappa shape index (κ2) is 5.74. The highest BCUT2D eigenvalue weighted by atomic mass is 19.1. The molecule has 0 aliphatic rings. The smallest absolute Gasteiger partial charge is 0.364 e. The quantitative estimate of drug-likeness (QED) is 0.215. The third-order valence-corrected chi connectivity index (χ3v) is 1.87. The minimum absolute atomic E-state index is 0.0360. The lowest BCUT2D eigenvalue weighted by Gasteiger charge is -2.03. The Bertz CT molecular complexity index is 470. The molecule has 0 aliphatic heterocycles. The van der Waals surface area contributed by atoms with E-state index in [1.807, 2.05) is 0 Å². The van der Waals surface area contributed by atoms with Gasteiger partial charge in [0.25, 0.3) is 0 Å². The molecule has 0 heterocycles. The van der Waals surface area contributed by atoms with E-state index in [0.29, 0.717) is 0 Å². The first-order valence-electron chi connectivity index (χ1n) is 4.79. The van der Waals surface area contributed by atoms with Gasteiger partial charge in [-0.3, -0.25) is 4.79 Å². The lowest BCUT2D eigenvalue weighted by atomic mass is 10.1. The minimum Gasteiger partial charge on any atom is -0.461 e. The van der Waals surface area contributed by atoms with Gasteiger partial charge in [0.05, 0.1) is 6.61 Å². The maximum atomic E-state index is 12.9. The topological polar surface area (TPSA) is 76.0 Å². The van der Waals surface area contributed by atoms with Crippen molar-refractivity contribution in [3.8, 4) is 0 Å². The van der Waals surface area contributed by atoms with E-state index in [4.69, 9.17) is 5.21 Å². The molecular weight excluding hydrogens is 229 g/mol. The average Bonchev–Trinajstić information content (AvgIpc) is 2.30. The van der Waals surface area contributed by atoms with Gasteiger partial charge in [-0.05, 0) is 19.1 Å². The summed E-state index contributed by atoms with van der Waals surface area (Å²) in [5.74, 6) is -2.58. The maximum absolute atomic E-state index is 12.9. The van der Waals surface area contributed by atoms with Crippen LogP contribution in [0.5, 0.6) is 0 Å². The number of hydrogen-bond donors (Lipinski definition) is 1. The number of ketones is 1. The third kappa shape index (κ3) is 3.10. The largest absolute Gasteiger partial charge is 0.461 e. The number of Topliss-reactive ketones (excluding diaryl/α,β-unsaturated/α-hetero) is 1. The summed E-state index contributed by atoms with van der Waals surface area (Å²) in [7, 11) is 0. The minimum atomic E-state index is -1.05. The number of carbonyl (C=O) groups is 2. The summed E-state index contributed by atoms with van der Waals surface area (Å²) in [6.07, 6.45) is 0. The van der Waals surface area contributed by atoms with Gasteiger partial charge in [0.1, 0.15) is 5.82 Å². The van der Waals surface area contributed by atoms with Crippen LogP contribution in [0.1, 0.15) is 17.3 Å². The molecular formula is C11H10FNO4. The Labute approximate surface area is 96.5 Å². The standard InChI is InChI=1S/C11H10FNO4/c1-2-17-11(15)9(13-16)10(14)7-4-3-5-8(12)6-7/h3-6,16H,2H2,1H3/b13-9-. The molecule has 0 spiro atoms. The maximum Gasteiger partial charge on any atom is 0.364 e. The van der Waals surface area contributed by atoms with Gasteiger partial charge in [0, 0.05) is 5.56 Å². The number of carbonyl (C=O) groups excluding carboxylic acids is 2. The van der Waals surface area contributed by atoms with Gasteiger partial charge in [-0.15, -0.1) is 0 Å². The van der Waals surface area contributed by atoms with Crippen LogP contribution in [0.4, 0.5) is 4.39 Å². The Balaban J connectivity index is 2.99. The van der Waals surface area contributed by atoms with Crippen molar-refractivity contribution in [2.24, 2.45) is 5.16 Å². The summed E-state index contributed by atoms with van der Waals surface area (Å²) in [4.78, 5) is 22.9. The second-order valence-electron chi connectivity index (χ2n) is 3.01. The first-order valence-corrected chi connectivity index (χ1v) is 4.79. The molecule has 0 aromatic heterocycles. The second-order valence-corrected chi connectivity index (χ2v) is 3.01. The highest BCUT2D eigenvalue weighted by molar-refractivity contribution is 6.67. The van der Waals surface area contributed by atoms with Gasteiger partial charge in [-0.1, -0.05) is 17.3 Å². The van der Waals surface area contributed by atoms with E-state index >= 15 is 0 Å². The summed E-state index contributed by atoms with van der Waals surface area (Å²) in [6, 6.07) is 4.70. The van der Waals surface area contributed by atoms with Crippen LogP contribution in [-0.4, -0.2) is 29.3 Å². The van der Waals surface area contributed by atoms with Crippen molar-refractivity contribution in [1.82, 2.24) is 0 Å². The molecule has 0 atom stereocenters. The molecule has 0 radical (unpaired) electrons. The fourth-order valence-electron chi connectivity index (χ4n) is 1.14. The molecule has 5 nitrogen and oxygen atoms in total. The molecule has 6 heteroatoms. The molecule has 1 aromatic rings. The Morgan fingerprint density at radius 3 is 2.71 bits per heavy atom. The number of nitrogens with zero attached hydrogens (tertiary/aromatic N) is 1. The van der Waals surface area contributed by atoms with Crippen molar-refractivity contribution in [3.05, 3.63) is 35.6 Å². The van der Waals surface area contributed by atoms with Crippen LogP contribution in [0.2, 0.25) is 0 Å². The molecule has 0 unspecified atom stereocenters. The van der Waals surface area contributed by atoms with Crippen molar-refractivity contribution in [1.29, 1.82) is 0 Å². The summed E-state index contributed by atoms with van der Waals surface area (Å²) in [6.45, 7) is 1.58. The van der Waals surface area contributed by atoms with Crippen LogP contribution in [-0.2, 0) is 9.53 Å². The highest BCUT2D eigenvalue weighted by Gasteiger charge is 2.24. The number of halogens is 1. The van der Waals surface area contributed by atoms with E-state index in [0.717, 1.165) is 12.1 Å². The average molecular weight is 239 g/mol. The van der Waals surface area contributed by atoms with Gasteiger partial charge in [-0.25, -0.2) is 9.18 Å². The van der Waals surface area contributed by atoms with Crippen LogP contribution in [0.15, 0.2) is 29.4 Å². The number of ether oxygens (including phenoxy) is 1. The van der Waals surface area contributed by atoms with E-state index in [9.17, 15) is 14.0 Å². The lowest BCUT2D eigenvalue weighted by molar-refractivity contribution is -0.135. The summed E-state index contributed by atoms with van der Waals surface area (Å²) in [5, 5.41) is 11.2. The molecule has 0 amide bonds. The van der Waals surface area contributed by atoms with Crippen molar-refractivity contribution >= 4 is 17.5 Å². The zero-order valence-electron chi connectivity index (χ0n) is 9.01. The van der Waals surface area contributed by atoms with Gasteiger partial charge in [-0.2, -0.15) is 0 Å². The molecule has 90 valence electrons. The van der Waals surface area contributed by atoms with E-state index in [-0.39, 0.29) is 12.2 Å². The Kier molecular flexibility index (Phi) is 4.33. The number of oxime groups is 1. The molecule has 1 N–H and O–H groups in total. The van der Waals surface area contributed by atoms with Gasteiger partial charge >= 0.3 is 5.97 Å². The number of rotatable bonds is 4. The van der Waals surface area contributed by atoms with Crippen LogP contribution < -0.4 is 0 Å². The van der Waals surface area contributed by atoms with Gasteiger partial charge in [0.15, 0.2) is 0 Å². The summed E-state index contributed by atoms with van der Waals surface area (Å²) < 4.78 is 17.4. The Morgan fingerprint density at radius 1 is 1.47 bits per heavy atom. The zero-order chi connectivity index (χ0) is 12.8. The summed E-state index contributed by atoms with van der Waals surface area (Å²) >= 11 is 0. The Hall–Kier alpha value is -2.24. The number of hydrogen-bond acceptors (Lipinski definition) is 5. The first kappa shape index (κ1) is 12.8. The molecule has 0 saturated heterocycles. The van der Waals surface area contributed by atoms with E-state index in [1.165, 1.54) is 12.1 Å². The monoisotopic (exact) mass is 239 g/mol. The van der Waals surface area contributed by atoms with Crippen molar-refractivity contribution in [3.63, 3.8) is 0 Å². The molecule has 0 saturated carbocycles. The number of esters is 1. The fraction of sp³-hybridized carbons (Fsp3) is 0.182. The Morgan fingerprint density at radius 2 is 2.18 bits per heavy atom. The third-order valence-electron chi connectivity index (χ3n) is 1.87. The highest BCUT2D eigenvalue weighted by Crippen LogP contribution is 2.06. The van der Waals surface area contributed by atoms with Crippen molar-refractivity contribution < 1.29 is 23.9 Å². The lowest BCUT2D eigenvalue weighted by Crippen LogP contribution is -2.26. The molecule has 0 aliphatic carbocycles. The van der Waals surface area contributed by atoms with Crippen molar-refractivity contribution in [2.45, 2.75) is 6.92 Å². The van der Waals surface area contributed by atoms with Crippen molar-refractivity contribution in [2.75, 3.05) is 6.61 Å². The molecule has 17 heavy (non-hydrogen) atoms. The molecule has 0 fully saturated rings. The molecule has 1 rings (SSSR count). The molecule has 1 aromatic carbocycles. The molecule has 0 bridgehead atoms. The van der Waals surface area contributed by atoms with E-state index < -0.39 is 23.3 Å². The van der Waals surface area contributed by atoms with Crippen LogP contribution in [0.25, 0.3) is 0 Å². The number of benzene rings is 1.